The van der Waals surface area contributed by atoms with Gasteiger partial charge in [-0.25, -0.2) is 8.78 Å². The first kappa shape index (κ1) is 19.7. The van der Waals surface area contributed by atoms with Crippen LogP contribution in [0, 0.1) is 11.6 Å². The number of fused-ring (bicyclic) bond motifs is 1. The number of hydrogen-bond donors (Lipinski definition) is 0. The Bertz CT molecular complexity index is 921. The van der Waals surface area contributed by atoms with Gasteiger partial charge in [0.05, 0.1) is 24.1 Å². The Kier molecular flexibility index (Phi) is 5.02. The lowest BCUT2D eigenvalue weighted by atomic mass is 10.1. The van der Waals surface area contributed by atoms with E-state index in [1.165, 1.54) is 0 Å². The second-order valence-corrected chi connectivity index (χ2v) is 7.56. The predicted molar refractivity (Wildman–Crippen MR) is 96.6 cm³/mol. The van der Waals surface area contributed by atoms with Gasteiger partial charge >= 0.3 is 5.97 Å². The van der Waals surface area contributed by atoms with E-state index < -0.39 is 40.2 Å². The van der Waals surface area contributed by atoms with Gasteiger partial charge in [-0.3, -0.25) is 19.3 Å². The van der Waals surface area contributed by atoms with Crippen molar-refractivity contribution in [2.45, 2.75) is 39.3 Å². The SMILES string of the molecule is CC(C)(C)OC(=O)Cc1ccc(CN2C(=O)c3c(F)ccc(F)c3C2=O)cc1. The number of rotatable bonds is 4. The lowest BCUT2D eigenvalue weighted by molar-refractivity contribution is -0.153. The molecule has 1 aliphatic heterocycles. The Morgan fingerprint density at radius 3 is 1.82 bits per heavy atom. The maximum absolute atomic E-state index is 13.9. The van der Waals surface area contributed by atoms with Gasteiger partial charge in [0.25, 0.3) is 11.8 Å². The Balaban J connectivity index is 1.72. The number of nitrogens with zero attached hydrogens (tertiary/aromatic N) is 1. The second kappa shape index (κ2) is 7.14. The lowest BCUT2D eigenvalue weighted by Crippen LogP contribution is -2.29. The standard InChI is InChI=1S/C21H19F2NO4/c1-21(2,3)28-16(25)10-12-4-6-13(7-5-12)11-24-19(26)17-14(22)8-9-15(23)18(17)20(24)27/h4-9H,10-11H2,1-3H3. The average Bonchev–Trinajstić information content (AvgIpc) is 2.84. The molecule has 28 heavy (non-hydrogen) atoms. The molecule has 0 spiro atoms. The average molecular weight is 387 g/mol. The summed E-state index contributed by atoms with van der Waals surface area (Å²) in [5.74, 6) is -3.95. The molecule has 2 aromatic carbocycles. The Hall–Kier alpha value is -3.09. The van der Waals surface area contributed by atoms with Gasteiger partial charge in [0.2, 0.25) is 0 Å². The number of hydrogen-bond acceptors (Lipinski definition) is 4. The third kappa shape index (κ3) is 3.93. The third-order valence-electron chi connectivity index (χ3n) is 4.15. The van der Waals surface area contributed by atoms with Crippen LogP contribution in [0.4, 0.5) is 8.78 Å². The topological polar surface area (TPSA) is 63.7 Å². The summed E-state index contributed by atoms with van der Waals surface area (Å²) in [4.78, 5) is 37.4. The van der Waals surface area contributed by atoms with Crippen LogP contribution in [0.25, 0.3) is 0 Å². The summed E-state index contributed by atoms with van der Waals surface area (Å²) in [5, 5.41) is 0. The molecule has 1 heterocycles. The maximum atomic E-state index is 13.9. The molecular weight excluding hydrogens is 368 g/mol. The molecule has 146 valence electrons. The maximum Gasteiger partial charge on any atom is 0.310 e. The van der Waals surface area contributed by atoms with E-state index in [-0.39, 0.29) is 18.9 Å². The van der Waals surface area contributed by atoms with Crippen LogP contribution in [0.5, 0.6) is 0 Å². The van der Waals surface area contributed by atoms with Gasteiger partial charge in [0, 0.05) is 0 Å². The normalized spacial score (nSPS) is 13.7. The van der Waals surface area contributed by atoms with E-state index in [1.54, 1.807) is 45.0 Å². The molecule has 0 fully saturated rings. The predicted octanol–water partition coefficient (Wildman–Crippen LogP) is 3.65. The van der Waals surface area contributed by atoms with Crippen LogP contribution in [0.3, 0.4) is 0 Å². The number of carbonyl (C=O) groups is 3. The number of ether oxygens (including phenoxy) is 1. The van der Waals surface area contributed by atoms with Crippen LogP contribution in [-0.2, 0) is 22.5 Å². The molecule has 0 aromatic heterocycles. The Morgan fingerprint density at radius 1 is 0.893 bits per heavy atom. The molecule has 0 unspecified atom stereocenters. The van der Waals surface area contributed by atoms with E-state index in [0.717, 1.165) is 17.0 Å². The zero-order valence-electron chi connectivity index (χ0n) is 15.7. The molecule has 2 amide bonds. The minimum Gasteiger partial charge on any atom is -0.460 e. The highest BCUT2D eigenvalue weighted by molar-refractivity contribution is 6.21. The van der Waals surface area contributed by atoms with Gasteiger partial charge in [-0.15, -0.1) is 0 Å². The fourth-order valence-electron chi connectivity index (χ4n) is 2.97. The number of benzene rings is 2. The summed E-state index contributed by atoms with van der Waals surface area (Å²) < 4.78 is 33.0. The van der Waals surface area contributed by atoms with E-state index in [1.807, 2.05) is 0 Å². The molecule has 0 radical (unpaired) electrons. The summed E-state index contributed by atoms with van der Waals surface area (Å²) in [6.07, 6.45) is 0.0843. The highest BCUT2D eigenvalue weighted by atomic mass is 19.1. The highest BCUT2D eigenvalue weighted by Gasteiger charge is 2.40. The van der Waals surface area contributed by atoms with Crippen LogP contribution in [0.15, 0.2) is 36.4 Å². The molecule has 0 atom stereocenters. The van der Waals surface area contributed by atoms with E-state index in [9.17, 15) is 23.2 Å². The number of amides is 2. The van der Waals surface area contributed by atoms with Gasteiger partial charge in [-0.05, 0) is 44.0 Å². The van der Waals surface area contributed by atoms with Crippen molar-refractivity contribution in [3.63, 3.8) is 0 Å². The lowest BCUT2D eigenvalue weighted by Gasteiger charge is -2.19. The van der Waals surface area contributed by atoms with Gasteiger partial charge in [-0.1, -0.05) is 24.3 Å². The van der Waals surface area contributed by atoms with Crippen LogP contribution < -0.4 is 0 Å². The van der Waals surface area contributed by atoms with E-state index >= 15 is 0 Å². The second-order valence-electron chi connectivity index (χ2n) is 7.56. The molecule has 3 rings (SSSR count). The molecular formula is C21H19F2NO4. The minimum atomic E-state index is -0.926. The first-order chi connectivity index (χ1) is 13.1. The van der Waals surface area contributed by atoms with E-state index in [0.29, 0.717) is 11.1 Å². The quantitative estimate of drug-likeness (QED) is 0.594. The minimum absolute atomic E-state index is 0.0843. The third-order valence-corrected chi connectivity index (χ3v) is 4.15. The Labute approximate surface area is 160 Å². The Morgan fingerprint density at radius 2 is 1.36 bits per heavy atom. The number of halogens is 2. The van der Waals surface area contributed by atoms with Crippen LogP contribution in [0.2, 0.25) is 0 Å². The number of carbonyl (C=O) groups excluding carboxylic acids is 3. The van der Waals surface area contributed by atoms with Crippen molar-refractivity contribution < 1.29 is 27.9 Å². The van der Waals surface area contributed by atoms with Crippen LogP contribution >= 0.6 is 0 Å². The molecule has 0 aliphatic carbocycles. The molecule has 0 saturated heterocycles. The summed E-state index contributed by atoms with van der Waals surface area (Å²) in [5.41, 5.74) is -0.355. The summed E-state index contributed by atoms with van der Waals surface area (Å²) in [6, 6.07) is 8.31. The smallest absolute Gasteiger partial charge is 0.310 e. The molecule has 0 bridgehead atoms. The molecule has 0 N–H and O–H groups in total. The summed E-state index contributed by atoms with van der Waals surface area (Å²) in [6.45, 7) is 5.21. The van der Waals surface area contributed by atoms with Crippen molar-refractivity contribution in [2.24, 2.45) is 0 Å². The first-order valence-corrected chi connectivity index (χ1v) is 8.70. The van der Waals surface area contributed by atoms with E-state index in [2.05, 4.69) is 0 Å². The zero-order valence-corrected chi connectivity index (χ0v) is 15.7. The molecule has 7 heteroatoms. The number of imide groups is 1. The van der Waals surface area contributed by atoms with Crippen molar-refractivity contribution in [3.8, 4) is 0 Å². The van der Waals surface area contributed by atoms with Gasteiger partial charge < -0.3 is 4.74 Å². The fraction of sp³-hybridized carbons (Fsp3) is 0.286. The van der Waals surface area contributed by atoms with Crippen molar-refractivity contribution in [1.29, 1.82) is 0 Å². The highest BCUT2D eigenvalue weighted by Crippen LogP contribution is 2.29. The molecule has 2 aromatic rings. The molecule has 1 aliphatic rings. The van der Waals surface area contributed by atoms with E-state index in [4.69, 9.17) is 4.74 Å². The van der Waals surface area contributed by atoms with Crippen molar-refractivity contribution in [2.75, 3.05) is 0 Å². The van der Waals surface area contributed by atoms with Gasteiger partial charge in [-0.2, -0.15) is 0 Å². The first-order valence-electron chi connectivity index (χ1n) is 8.70. The van der Waals surface area contributed by atoms with Crippen LogP contribution in [-0.4, -0.2) is 28.3 Å². The number of esters is 1. The van der Waals surface area contributed by atoms with Crippen LogP contribution in [0.1, 0.15) is 52.6 Å². The molecule has 0 saturated carbocycles. The summed E-state index contributed by atoms with van der Waals surface area (Å²) >= 11 is 0. The molecule has 5 nitrogen and oxygen atoms in total. The summed E-state index contributed by atoms with van der Waals surface area (Å²) in [7, 11) is 0. The van der Waals surface area contributed by atoms with Gasteiger partial charge in [0.15, 0.2) is 0 Å². The van der Waals surface area contributed by atoms with Crippen molar-refractivity contribution in [1.82, 2.24) is 4.90 Å². The zero-order chi connectivity index (χ0) is 20.6. The fourth-order valence-corrected chi connectivity index (χ4v) is 2.97. The van der Waals surface area contributed by atoms with Gasteiger partial charge in [0.1, 0.15) is 17.2 Å². The van der Waals surface area contributed by atoms with Crippen molar-refractivity contribution in [3.05, 3.63) is 70.3 Å². The largest absolute Gasteiger partial charge is 0.460 e. The monoisotopic (exact) mass is 387 g/mol. The van der Waals surface area contributed by atoms with Crippen molar-refractivity contribution >= 4 is 17.8 Å².